The van der Waals surface area contributed by atoms with E-state index in [0.29, 0.717) is 6.04 Å². The zero-order valence-corrected chi connectivity index (χ0v) is 11.7. The summed E-state index contributed by atoms with van der Waals surface area (Å²) in [6, 6.07) is 0.670. The maximum absolute atomic E-state index is 12.1. The Bertz CT molecular complexity index is 282. The van der Waals surface area contributed by atoms with Crippen molar-refractivity contribution in [3.8, 4) is 0 Å². The fraction of sp³-hybridized carbons (Fsp3) is 0.929. The van der Waals surface area contributed by atoms with Crippen molar-refractivity contribution in [3.05, 3.63) is 0 Å². The average molecular weight is 253 g/mol. The van der Waals surface area contributed by atoms with Crippen LogP contribution in [0.1, 0.15) is 39.5 Å². The Morgan fingerprint density at radius 2 is 2.22 bits per heavy atom. The van der Waals surface area contributed by atoms with E-state index >= 15 is 0 Å². The van der Waals surface area contributed by atoms with Crippen LogP contribution in [-0.4, -0.2) is 49.1 Å². The largest absolute Gasteiger partial charge is 0.355 e. The SMILES string of the molecule is CCNC(=O)C1CNCCN1C1CCC(CC)C1. The molecule has 4 nitrogen and oxygen atoms in total. The number of nitrogens with zero attached hydrogens (tertiary/aromatic N) is 1. The Morgan fingerprint density at radius 1 is 1.39 bits per heavy atom. The first kappa shape index (κ1) is 13.8. The molecular formula is C14H27N3O. The van der Waals surface area contributed by atoms with Crippen molar-refractivity contribution in [2.24, 2.45) is 5.92 Å². The van der Waals surface area contributed by atoms with Gasteiger partial charge in [0.1, 0.15) is 6.04 Å². The summed E-state index contributed by atoms with van der Waals surface area (Å²) in [5.74, 6) is 1.07. The molecule has 0 aromatic rings. The summed E-state index contributed by atoms with van der Waals surface area (Å²) < 4.78 is 0. The maximum Gasteiger partial charge on any atom is 0.238 e. The van der Waals surface area contributed by atoms with Crippen molar-refractivity contribution in [2.75, 3.05) is 26.2 Å². The van der Waals surface area contributed by atoms with Crippen LogP contribution in [0.3, 0.4) is 0 Å². The predicted octanol–water partition coefficient (Wildman–Crippen LogP) is 0.975. The van der Waals surface area contributed by atoms with Gasteiger partial charge >= 0.3 is 0 Å². The topological polar surface area (TPSA) is 44.4 Å². The fourth-order valence-corrected chi connectivity index (χ4v) is 3.41. The second kappa shape index (κ2) is 6.53. The van der Waals surface area contributed by atoms with Crippen LogP contribution in [0, 0.1) is 5.92 Å². The minimum absolute atomic E-state index is 0.0410. The lowest BCUT2D eigenvalue weighted by Crippen LogP contribution is -2.60. The van der Waals surface area contributed by atoms with Crippen LogP contribution in [0.15, 0.2) is 0 Å². The molecule has 18 heavy (non-hydrogen) atoms. The molecule has 3 unspecified atom stereocenters. The van der Waals surface area contributed by atoms with Crippen LogP contribution in [0.4, 0.5) is 0 Å². The molecule has 3 atom stereocenters. The monoisotopic (exact) mass is 253 g/mol. The Kier molecular flexibility index (Phi) is 5.01. The Balaban J connectivity index is 1.97. The van der Waals surface area contributed by atoms with Crippen LogP contribution in [0.25, 0.3) is 0 Å². The van der Waals surface area contributed by atoms with Crippen molar-refractivity contribution in [1.82, 2.24) is 15.5 Å². The number of nitrogens with one attached hydrogen (secondary N) is 2. The van der Waals surface area contributed by atoms with E-state index < -0.39 is 0 Å². The van der Waals surface area contributed by atoms with Gasteiger partial charge in [-0.05, 0) is 32.1 Å². The highest BCUT2D eigenvalue weighted by atomic mass is 16.2. The Labute approximate surface area is 110 Å². The zero-order valence-electron chi connectivity index (χ0n) is 11.7. The molecule has 0 spiro atoms. The van der Waals surface area contributed by atoms with Gasteiger partial charge in [0.25, 0.3) is 0 Å². The quantitative estimate of drug-likeness (QED) is 0.785. The van der Waals surface area contributed by atoms with E-state index in [1.54, 1.807) is 0 Å². The Morgan fingerprint density at radius 3 is 2.89 bits per heavy atom. The highest BCUT2D eigenvalue weighted by Crippen LogP contribution is 2.32. The number of piperazine rings is 1. The van der Waals surface area contributed by atoms with E-state index in [0.717, 1.165) is 32.1 Å². The molecule has 2 N–H and O–H groups in total. The van der Waals surface area contributed by atoms with Crippen molar-refractivity contribution in [3.63, 3.8) is 0 Å². The molecule has 2 rings (SSSR count). The minimum Gasteiger partial charge on any atom is -0.355 e. The van der Waals surface area contributed by atoms with E-state index in [4.69, 9.17) is 0 Å². The van der Waals surface area contributed by atoms with Gasteiger partial charge in [-0.15, -0.1) is 0 Å². The number of hydrogen-bond donors (Lipinski definition) is 2. The van der Waals surface area contributed by atoms with Crippen LogP contribution < -0.4 is 10.6 Å². The molecule has 1 amide bonds. The summed E-state index contributed by atoms with van der Waals surface area (Å²) >= 11 is 0. The van der Waals surface area contributed by atoms with E-state index in [2.05, 4.69) is 22.5 Å². The molecule has 0 aromatic carbocycles. The molecule has 1 aliphatic heterocycles. The molecular weight excluding hydrogens is 226 g/mol. The standard InChI is InChI=1S/C14H27N3O/c1-3-11-5-6-12(9-11)17-8-7-15-10-13(17)14(18)16-4-2/h11-13,15H,3-10H2,1-2H3,(H,16,18). The molecule has 2 fully saturated rings. The Hall–Kier alpha value is -0.610. The van der Waals surface area contributed by atoms with Gasteiger partial charge in [0, 0.05) is 32.2 Å². The number of carbonyl (C=O) groups excluding carboxylic acids is 1. The minimum atomic E-state index is 0.0410. The molecule has 0 radical (unpaired) electrons. The normalized spacial score (nSPS) is 33.6. The van der Waals surface area contributed by atoms with Crippen molar-refractivity contribution in [1.29, 1.82) is 0 Å². The third-order valence-corrected chi connectivity index (χ3v) is 4.50. The molecule has 4 heteroatoms. The lowest BCUT2D eigenvalue weighted by Gasteiger charge is -2.39. The number of hydrogen-bond acceptors (Lipinski definition) is 3. The lowest BCUT2D eigenvalue weighted by atomic mass is 10.0. The number of carbonyl (C=O) groups is 1. The smallest absolute Gasteiger partial charge is 0.238 e. The molecule has 1 heterocycles. The zero-order chi connectivity index (χ0) is 13.0. The van der Waals surface area contributed by atoms with E-state index in [-0.39, 0.29) is 11.9 Å². The van der Waals surface area contributed by atoms with Crippen LogP contribution in [-0.2, 0) is 4.79 Å². The first-order chi connectivity index (χ1) is 8.76. The van der Waals surface area contributed by atoms with Gasteiger partial charge in [-0.3, -0.25) is 9.69 Å². The summed E-state index contributed by atoms with van der Waals surface area (Å²) in [4.78, 5) is 14.6. The van der Waals surface area contributed by atoms with Crippen LogP contribution in [0.5, 0.6) is 0 Å². The third-order valence-electron chi connectivity index (χ3n) is 4.50. The van der Waals surface area contributed by atoms with Crippen LogP contribution >= 0.6 is 0 Å². The highest BCUT2D eigenvalue weighted by molar-refractivity contribution is 5.82. The van der Waals surface area contributed by atoms with Gasteiger partial charge in [-0.1, -0.05) is 13.3 Å². The number of likely N-dealkylation sites (N-methyl/N-ethyl adjacent to an activating group) is 1. The fourth-order valence-electron chi connectivity index (χ4n) is 3.41. The molecule has 2 aliphatic rings. The second-order valence-corrected chi connectivity index (χ2v) is 5.59. The summed E-state index contributed by atoms with van der Waals surface area (Å²) in [5.41, 5.74) is 0. The highest BCUT2D eigenvalue weighted by Gasteiger charge is 2.36. The first-order valence-corrected chi connectivity index (χ1v) is 7.50. The summed E-state index contributed by atoms with van der Waals surface area (Å²) in [6.07, 6.45) is 5.18. The van der Waals surface area contributed by atoms with Crippen molar-refractivity contribution in [2.45, 2.75) is 51.6 Å². The molecule has 0 aromatic heterocycles. The predicted molar refractivity (Wildman–Crippen MR) is 73.5 cm³/mol. The molecule has 0 bridgehead atoms. The average Bonchev–Trinajstić information content (AvgIpc) is 2.87. The van der Waals surface area contributed by atoms with Gasteiger partial charge in [0.15, 0.2) is 0 Å². The molecule has 1 saturated heterocycles. The summed E-state index contributed by atoms with van der Waals surface area (Å²) in [6.45, 7) is 7.84. The number of rotatable bonds is 4. The van der Waals surface area contributed by atoms with Crippen molar-refractivity contribution < 1.29 is 4.79 Å². The molecule has 1 aliphatic carbocycles. The second-order valence-electron chi connectivity index (χ2n) is 5.59. The third kappa shape index (κ3) is 3.04. The van der Waals surface area contributed by atoms with E-state index in [9.17, 15) is 4.79 Å². The van der Waals surface area contributed by atoms with Crippen LogP contribution in [0.2, 0.25) is 0 Å². The molecule has 1 saturated carbocycles. The van der Waals surface area contributed by atoms with Gasteiger partial charge in [0.2, 0.25) is 5.91 Å². The molecule has 104 valence electrons. The van der Waals surface area contributed by atoms with Gasteiger partial charge < -0.3 is 10.6 Å². The van der Waals surface area contributed by atoms with Crippen molar-refractivity contribution >= 4 is 5.91 Å². The maximum atomic E-state index is 12.1. The van der Waals surface area contributed by atoms with Gasteiger partial charge in [0.05, 0.1) is 0 Å². The summed E-state index contributed by atoms with van der Waals surface area (Å²) in [7, 11) is 0. The summed E-state index contributed by atoms with van der Waals surface area (Å²) in [5, 5.41) is 6.32. The van der Waals surface area contributed by atoms with E-state index in [1.165, 1.54) is 25.7 Å². The number of amides is 1. The van der Waals surface area contributed by atoms with E-state index in [1.807, 2.05) is 6.92 Å². The lowest BCUT2D eigenvalue weighted by molar-refractivity contribution is -0.128. The first-order valence-electron chi connectivity index (χ1n) is 7.50. The van der Waals surface area contributed by atoms with Gasteiger partial charge in [-0.2, -0.15) is 0 Å². The van der Waals surface area contributed by atoms with Gasteiger partial charge in [-0.25, -0.2) is 0 Å².